The van der Waals surface area contributed by atoms with E-state index in [0.29, 0.717) is 17.3 Å². The van der Waals surface area contributed by atoms with Crippen LogP contribution in [0.2, 0.25) is 0 Å². The minimum absolute atomic E-state index is 0.0804. The Morgan fingerprint density at radius 1 is 1.18 bits per heavy atom. The van der Waals surface area contributed by atoms with Crippen LogP contribution in [0.15, 0.2) is 17.1 Å². The highest BCUT2D eigenvalue weighted by Crippen LogP contribution is 2.58. The SMILES string of the molecule is C=NC1(C)CCCC2(C)CCCC(C(=C)C)C21. The van der Waals surface area contributed by atoms with Gasteiger partial charge in [-0.2, -0.15) is 0 Å². The van der Waals surface area contributed by atoms with Gasteiger partial charge in [0.2, 0.25) is 0 Å². The molecule has 2 aliphatic carbocycles. The van der Waals surface area contributed by atoms with E-state index in [2.05, 4.69) is 39.1 Å². The fourth-order valence-corrected chi connectivity index (χ4v) is 4.71. The Kier molecular flexibility index (Phi) is 3.22. The third kappa shape index (κ3) is 1.98. The van der Waals surface area contributed by atoms with Crippen molar-refractivity contribution >= 4 is 6.72 Å². The Bertz CT molecular complexity index is 328. The van der Waals surface area contributed by atoms with E-state index in [9.17, 15) is 0 Å². The third-order valence-electron chi connectivity index (χ3n) is 5.51. The molecule has 0 aliphatic heterocycles. The maximum Gasteiger partial charge on any atom is 0.0611 e. The zero-order valence-electron chi connectivity index (χ0n) is 11.8. The first-order valence-electron chi connectivity index (χ1n) is 7.06. The lowest BCUT2D eigenvalue weighted by atomic mass is 9.50. The van der Waals surface area contributed by atoms with Crippen molar-refractivity contribution in [1.29, 1.82) is 0 Å². The van der Waals surface area contributed by atoms with E-state index in [-0.39, 0.29) is 5.54 Å². The van der Waals surface area contributed by atoms with Crippen LogP contribution in [0.3, 0.4) is 0 Å². The van der Waals surface area contributed by atoms with Gasteiger partial charge >= 0.3 is 0 Å². The molecule has 0 aromatic rings. The molecular weight excluding hydrogens is 206 g/mol. The summed E-state index contributed by atoms with van der Waals surface area (Å²) in [6.45, 7) is 15.1. The Balaban J connectivity index is 2.40. The number of hydrogen-bond donors (Lipinski definition) is 0. The van der Waals surface area contributed by atoms with Crippen molar-refractivity contribution in [3.8, 4) is 0 Å². The van der Waals surface area contributed by atoms with Crippen molar-refractivity contribution in [3.63, 3.8) is 0 Å². The van der Waals surface area contributed by atoms with Crippen LogP contribution >= 0.6 is 0 Å². The molecule has 17 heavy (non-hydrogen) atoms. The second kappa shape index (κ2) is 4.26. The van der Waals surface area contributed by atoms with Gasteiger partial charge in [-0.3, -0.25) is 4.99 Å². The molecule has 0 radical (unpaired) electrons. The number of hydrogen-bond acceptors (Lipinski definition) is 1. The molecule has 2 fully saturated rings. The second-order valence-electron chi connectivity index (χ2n) is 6.85. The normalized spacial score (nSPS) is 46.1. The lowest BCUT2D eigenvalue weighted by Crippen LogP contribution is -2.52. The summed E-state index contributed by atoms with van der Waals surface area (Å²) in [7, 11) is 0. The van der Waals surface area contributed by atoms with Gasteiger partial charge in [-0.1, -0.05) is 31.9 Å². The Hall–Kier alpha value is -0.590. The largest absolute Gasteiger partial charge is 0.294 e. The summed E-state index contributed by atoms with van der Waals surface area (Å²) in [4.78, 5) is 4.55. The molecule has 0 bridgehead atoms. The molecule has 0 aromatic heterocycles. The molecule has 0 N–H and O–H groups in total. The lowest BCUT2D eigenvalue weighted by molar-refractivity contribution is -0.0226. The number of fused-ring (bicyclic) bond motifs is 1. The monoisotopic (exact) mass is 233 g/mol. The second-order valence-corrected chi connectivity index (χ2v) is 6.85. The minimum Gasteiger partial charge on any atom is -0.294 e. The molecule has 2 rings (SSSR count). The summed E-state index contributed by atoms with van der Waals surface area (Å²) < 4.78 is 0. The summed E-state index contributed by atoms with van der Waals surface area (Å²) >= 11 is 0. The standard InChI is InChI=1S/C16H27N/c1-12(2)13-8-6-9-15(3)10-7-11-16(4,17-5)14(13)15/h13-14H,1,5-11H2,2-4H3. The molecule has 0 heterocycles. The van der Waals surface area contributed by atoms with Crippen LogP contribution in [0.1, 0.15) is 59.3 Å². The quantitative estimate of drug-likeness (QED) is 0.487. The molecule has 1 nitrogen and oxygen atoms in total. The van der Waals surface area contributed by atoms with E-state index in [1.807, 2.05) is 0 Å². The molecule has 0 saturated heterocycles. The first-order chi connectivity index (χ1) is 7.93. The fraction of sp³-hybridized carbons (Fsp3) is 0.812. The minimum atomic E-state index is 0.0804. The van der Waals surface area contributed by atoms with Gasteiger partial charge in [0.25, 0.3) is 0 Å². The molecule has 2 saturated carbocycles. The molecule has 4 unspecified atom stereocenters. The molecular formula is C16H27N. The third-order valence-corrected chi connectivity index (χ3v) is 5.51. The molecule has 1 heteroatoms. The van der Waals surface area contributed by atoms with Gasteiger partial charge in [0.05, 0.1) is 5.54 Å². The van der Waals surface area contributed by atoms with Crippen molar-refractivity contribution < 1.29 is 0 Å². The van der Waals surface area contributed by atoms with Crippen molar-refractivity contribution in [2.75, 3.05) is 0 Å². The molecule has 96 valence electrons. The van der Waals surface area contributed by atoms with Gasteiger partial charge in [0.15, 0.2) is 0 Å². The number of allylic oxidation sites excluding steroid dienone is 1. The smallest absolute Gasteiger partial charge is 0.0611 e. The molecule has 0 amide bonds. The van der Waals surface area contributed by atoms with Crippen LogP contribution in [-0.4, -0.2) is 12.3 Å². The van der Waals surface area contributed by atoms with E-state index in [1.165, 1.54) is 44.1 Å². The first kappa shape index (κ1) is 12.9. The summed E-state index contributed by atoms with van der Waals surface area (Å²) in [6, 6.07) is 0. The van der Waals surface area contributed by atoms with Crippen molar-refractivity contribution in [1.82, 2.24) is 0 Å². The lowest BCUT2D eigenvalue weighted by Gasteiger charge is -2.56. The van der Waals surface area contributed by atoms with Crippen molar-refractivity contribution in [2.45, 2.75) is 64.8 Å². The number of nitrogens with zero attached hydrogens (tertiary/aromatic N) is 1. The Labute approximate surface area is 106 Å². The van der Waals surface area contributed by atoms with Crippen LogP contribution in [0.25, 0.3) is 0 Å². The fourth-order valence-electron chi connectivity index (χ4n) is 4.71. The van der Waals surface area contributed by atoms with Gasteiger partial charge in [0.1, 0.15) is 0 Å². The van der Waals surface area contributed by atoms with Crippen molar-refractivity contribution in [3.05, 3.63) is 12.2 Å². The summed E-state index contributed by atoms with van der Waals surface area (Å²) in [5.74, 6) is 1.32. The average Bonchev–Trinajstić information content (AvgIpc) is 2.27. The highest BCUT2D eigenvalue weighted by atomic mass is 14.9. The van der Waals surface area contributed by atoms with Gasteiger partial charge in [0, 0.05) is 0 Å². The van der Waals surface area contributed by atoms with E-state index < -0.39 is 0 Å². The van der Waals surface area contributed by atoms with Crippen molar-refractivity contribution in [2.24, 2.45) is 22.2 Å². The number of aliphatic imine (C=N–C) groups is 1. The molecule has 0 spiro atoms. The average molecular weight is 233 g/mol. The zero-order valence-corrected chi connectivity index (χ0v) is 11.8. The number of rotatable bonds is 2. The van der Waals surface area contributed by atoms with Gasteiger partial charge in [-0.25, -0.2) is 0 Å². The van der Waals surface area contributed by atoms with E-state index >= 15 is 0 Å². The molecule has 0 aromatic carbocycles. The van der Waals surface area contributed by atoms with Crippen LogP contribution in [0.4, 0.5) is 0 Å². The predicted molar refractivity (Wildman–Crippen MR) is 75.6 cm³/mol. The van der Waals surface area contributed by atoms with Gasteiger partial charge in [-0.05, 0) is 63.5 Å². The van der Waals surface area contributed by atoms with E-state index in [4.69, 9.17) is 0 Å². The summed E-state index contributed by atoms with van der Waals surface area (Å²) in [5, 5.41) is 0. The zero-order chi connectivity index (χ0) is 12.7. The van der Waals surface area contributed by atoms with Crippen LogP contribution in [-0.2, 0) is 0 Å². The van der Waals surface area contributed by atoms with Gasteiger partial charge in [-0.15, -0.1) is 0 Å². The predicted octanol–water partition coefficient (Wildman–Crippen LogP) is 4.63. The highest BCUT2D eigenvalue weighted by molar-refractivity contribution is 5.28. The summed E-state index contributed by atoms with van der Waals surface area (Å²) in [6.07, 6.45) is 7.92. The van der Waals surface area contributed by atoms with Crippen LogP contribution in [0.5, 0.6) is 0 Å². The van der Waals surface area contributed by atoms with Crippen LogP contribution in [0, 0.1) is 17.3 Å². The topological polar surface area (TPSA) is 12.4 Å². The first-order valence-corrected chi connectivity index (χ1v) is 7.06. The Morgan fingerprint density at radius 2 is 1.82 bits per heavy atom. The maximum absolute atomic E-state index is 4.55. The molecule has 2 aliphatic rings. The van der Waals surface area contributed by atoms with Crippen LogP contribution < -0.4 is 0 Å². The van der Waals surface area contributed by atoms with Gasteiger partial charge < -0.3 is 0 Å². The maximum atomic E-state index is 4.55. The van der Waals surface area contributed by atoms with E-state index in [1.54, 1.807) is 0 Å². The molecule has 4 atom stereocenters. The highest BCUT2D eigenvalue weighted by Gasteiger charge is 2.53. The van der Waals surface area contributed by atoms with E-state index in [0.717, 1.165) is 0 Å². The Morgan fingerprint density at radius 3 is 2.41 bits per heavy atom. The summed E-state index contributed by atoms with van der Waals surface area (Å²) in [5.41, 5.74) is 1.91.